The van der Waals surface area contributed by atoms with Crippen LogP contribution in [0.4, 0.5) is 0 Å². The van der Waals surface area contributed by atoms with Crippen molar-refractivity contribution in [2.24, 2.45) is 5.10 Å². The first kappa shape index (κ1) is 25.0. The van der Waals surface area contributed by atoms with Crippen LogP contribution < -0.4 is 10.2 Å². The molecule has 5 rings (SSSR count). The minimum absolute atomic E-state index is 0.117. The summed E-state index contributed by atoms with van der Waals surface area (Å²) in [7, 11) is 0. The summed E-state index contributed by atoms with van der Waals surface area (Å²) in [6.45, 7) is 5.04. The minimum atomic E-state index is -0.317. The first-order valence-electron chi connectivity index (χ1n) is 12.7. The van der Waals surface area contributed by atoms with Crippen molar-refractivity contribution in [1.82, 2.24) is 9.99 Å². The fraction of sp³-hybridized carbons (Fsp3) is 0.152. The number of hydrogen-bond acceptors (Lipinski definition) is 3. The van der Waals surface area contributed by atoms with Crippen LogP contribution in [-0.4, -0.2) is 23.3 Å². The zero-order valence-corrected chi connectivity index (χ0v) is 21.7. The molecular weight excluding hydrogens is 470 g/mol. The van der Waals surface area contributed by atoms with E-state index in [9.17, 15) is 4.79 Å². The summed E-state index contributed by atoms with van der Waals surface area (Å²) in [5.41, 5.74) is 8.15. The molecule has 190 valence electrons. The summed E-state index contributed by atoms with van der Waals surface area (Å²) in [6, 6.07) is 36.8. The van der Waals surface area contributed by atoms with Crippen LogP contribution in [0.2, 0.25) is 0 Å². The van der Waals surface area contributed by atoms with Crippen molar-refractivity contribution in [2.45, 2.75) is 25.8 Å². The lowest BCUT2D eigenvalue weighted by Crippen LogP contribution is -2.24. The van der Waals surface area contributed by atoms with Gasteiger partial charge >= 0.3 is 0 Å². The Bertz CT molecular complexity index is 1540. The standard InChI is InChI=1S/C33H31N3O2/c1-33(2,27-13-7-4-8-14-27)28-17-19-29(20-18-28)38-24-32(37)35-34-21-26-23-36(22-25-11-5-3-6-12-25)31-16-10-9-15-30(26)31/h3-21,23H,22,24H2,1-2H3,(H,35,37)/b34-21+. The Labute approximate surface area is 223 Å². The van der Waals surface area contributed by atoms with Crippen molar-refractivity contribution >= 4 is 23.0 Å². The fourth-order valence-corrected chi connectivity index (χ4v) is 4.63. The predicted octanol–water partition coefficient (Wildman–Crippen LogP) is 6.54. The van der Waals surface area contributed by atoms with Crippen LogP contribution in [0.25, 0.3) is 10.9 Å². The van der Waals surface area contributed by atoms with Crippen molar-refractivity contribution < 1.29 is 9.53 Å². The summed E-state index contributed by atoms with van der Waals surface area (Å²) in [4.78, 5) is 12.4. The lowest BCUT2D eigenvalue weighted by atomic mass is 9.78. The number of benzene rings is 4. The number of amides is 1. The molecule has 1 aromatic heterocycles. The van der Waals surface area contributed by atoms with Crippen molar-refractivity contribution in [3.8, 4) is 5.75 Å². The average Bonchev–Trinajstić information content (AvgIpc) is 3.30. The Morgan fingerprint density at radius 1 is 0.842 bits per heavy atom. The third kappa shape index (κ3) is 5.68. The molecule has 0 saturated heterocycles. The second kappa shape index (κ2) is 11.2. The van der Waals surface area contributed by atoms with Gasteiger partial charge < -0.3 is 9.30 Å². The molecule has 0 aliphatic carbocycles. The third-order valence-electron chi connectivity index (χ3n) is 6.85. The molecule has 0 unspecified atom stereocenters. The van der Waals surface area contributed by atoms with Gasteiger partial charge in [0.15, 0.2) is 6.61 Å². The number of ether oxygens (including phenoxy) is 1. The Morgan fingerprint density at radius 2 is 1.47 bits per heavy atom. The number of rotatable bonds is 9. The molecule has 5 aromatic rings. The van der Waals surface area contributed by atoms with Gasteiger partial charge in [0.05, 0.1) is 6.21 Å². The van der Waals surface area contributed by atoms with E-state index in [1.807, 2.05) is 60.7 Å². The topological polar surface area (TPSA) is 55.6 Å². The number of aromatic nitrogens is 1. The molecule has 0 aliphatic rings. The Morgan fingerprint density at radius 3 is 2.21 bits per heavy atom. The zero-order valence-electron chi connectivity index (χ0n) is 21.7. The second-order valence-corrected chi connectivity index (χ2v) is 9.81. The van der Waals surface area contributed by atoms with Gasteiger partial charge in [0.2, 0.25) is 0 Å². The van der Waals surface area contributed by atoms with E-state index in [4.69, 9.17) is 4.74 Å². The maximum Gasteiger partial charge on any atom is 0.277 e. The monoisotopic (exact) mass is 501 g/mol. The van der Waals surface area contributed by atoms with Gasteiger partial charge in [-0.25, -0.2) is 5.43 Å². The van der Waals surface area contributed by atoms with Crippen molar-refractivity contribution in [2.75, 3.05) is 6.61 Å². The number of para-hydroxylation sites is 1. The van der Waals surface area contributed by atoms with Gasteiger partial charge in [-0.05, 0) is 34.9 Å². The molecule has 0 bridgehead atoms. The highest BCUT2D eigenvalue weighted by Gasteiger charge is 2.22. The Balaban J connectivity index is 1.19. The molecule has 0 aliphatic heterocycles. The minimum Gasteiger partial charge on any atom is -0.484 e. The molecule has 0 spiro atoms. The summed E-state index contributed by atoms with van der Waals surface area (Å²) < 4.78 is 7.89. The number of carbonyl (C=O) groups excluding carboxylic acids is 1. The van der Waals surface area contributed by atoms with E-state index in [1.54, 1.807) is 6.21 Å². The smallest absolute Gasteiger partial charge is 0.277 e. The summed E-state index contributed by atoms with van der Waals surface area (Å²) in [5, 5.41) is 5.27. The maximum absolute atomic E-state index is 12.4. The van der Waals surface area contributed by atoms with E-state index < -0.39 is 0 Å². The third-order valence-corrected chi connectivity index (χ3v) is 6.85. The van der Waals surface area contributed by atoms with Crippen LogP contribution in [0.1, 0.15) is 36.1 Å². The van der Waals surface area contributed by atoms with Crippen molar-refractivity contribution in [3.05, 3.63) is 138 Å². The molecule has 1 N–H and O–H groups in total. The van der Waals surface area contributed by atoms with E-state index >= 15 is 0 Å². The molecule has 0 atom stereocenters. The van der Waals surface area contributed by atoms with Crippen LogP contribution in [0.3, 0.4) is 0 Å². The molecular formula is C33H31N3O2. The number of nitrogens with one attached hydrogen (secondary N) is 1. The summed E-state index contributed by atoms with van der Waals surface area (Å²) in [5.74, 6) is 0.323. The van der Waals surface area contributed by atoms with Gasteiger partial charge in [-0.15, -0.1) is 0 Å². The highest BCUT2D eigenvalue weighted by molar-refractivity contribution is 5.99. The largest absolute Gasteiger partial charge is 0.484 e. The number of nitrogens with zero attached hydrogens (tertiary/aromatic N) is 2. The SMILES string of the molecule is CC(C)(c1ccccc1)c1ccc(OCC(=O)N/N=C/c2cn(Cc3ccccc3)c3ccccc23)cc1. The quantitative estimate of drug-likeness (QED) is 0.184. The van der Waals surface area contributed by atoms with Gasteiger partial charge in [0.25, 0.3) is 5.91 Å². The van der Waals surface area contributed by atoms with Gasteiger partial charge in [0.1, 0.15) is 5.75 Å². The van der Waals surface area contributed by atoms with Gasteiger partial charge in [-0.1, -0.05) is 105 Å². The van der Waals surface area contributed by atoms with Crippen molar-refractivity contribution in [1.29, 1.82) is 0 Å². The molecule has 5 heteroatoms. The fourth-order valence-electron chi connectivity index (χ4n) is 4.63. The van der Waals surface area contributed by atoms with Crippen LogP contribution >= 0.6 is 0 Å². The molecule has 0 fully saturated rings. The summed E-state index contributed by atoms with van der Waals surface area (Å²) in [6.07, 6.45) is 3.74. The molecule has 38 heavy (non-hydrogen) atoms. The first-order chi connectivity index (χ1) is 18.5. The lowest BCUT2D eigenvalue weighted by molar-refractivity contribution is -0.123. The molecule has 1 amide bonds. The zero-order chi connectivity index (χ0) is 26.4. The number of fused-ring (bicyclic) bond motifs is 1. The van der Waals surface area contributed by atoms with Gasteiger partial charge in [0, 0.05) is 34.6 Å². The normalized spacial score (nSPS) is 11.6. The van der Waals surface area contributed by atoms with Gasteiger partial charge in [-0.3, -0.25) is 4.79 Å². The van der Waals surface area contributed by atoms with Crippen LogP contribution in [0.5, 0.6) is 5.75 Å². The number of hydrogen-bond donors (Lipinski definition) is 1. The maximum atomic E-state index is 12.4. The van der Waals surface area contributed by atoms with Crippen LogP contribution in [-0.2, 0) is 16.8 Å². The number of hydrazone groups is 1. The van der Waals surface area contributed by atoms with Gasteiger partial charge in [-0.2, -0.15) is 5.10 Å². The highest BCUT2D eigenvalue weighted by Crippen LogP contribution is 2.32. The molecule has 1 heterocycles. The highest BCUT2D eigenvalue weighted by atomic mass is 16.5. The molecule has 4 aromatic carbocycles. The van der Waals surface area contributed by atoms with Crippen LogP contribution in [0, 0.1) is 0 Å². The number of carbonyl (C=O) groups is 1. The first-order valence-corrected chi connectivity index (χ1v) is 12.7. The van der Waals surface area contributed by atoms with Crippen LogP contribution in [0.15, 0.2) is 120 Å². The average molecular weight is 502 g/mol. The van der Waals surface area contributed by atoms with E-state index in [0.717, 1.165) is 23.0 Å². The molecule has 0 radical (unpaired) electrons. The van der Waals surface area contributed by atoms with E-state index in [-0.39, 0.29) is 17.9 Å². The molecule has 0 saturated carbocycles. The second-order valence-electron chi connectivity index (χ2n) is 9.81. The summed E-state index contributed by atoms with van der Waals surface area (Å²) >= 11 is 0. The molecule has 5 nitrogen and oxygen atoms in total. The lowest BCUT2D eigenvalue weighted by Gasteiger charge is -2.26. The van der Waals surface area contributed by atoms with Crippen molar-refractivity contribution in [3.63, 3.8) is 0 Å². The van der Waals surface area contributed by atoms with E-state index in [0.29, 0.717) is 5.75 Å². The predicted molar refractivity (Wildman–Crippen MR) is 154 cm³/mol. The Kier molecular flexibility index (Phi) is 7.36. The Hall–Kier alpha value is -4.64. The van der Waals surface area contributed by atoms with E-state index in [2.05, 4.69) is 83.7 Å². The van der Waals surface area contributed by atoms with E-state index in [1.165, 1.54) is 16.7 Å².